The highest BCUT2D eigenvalue weighted by Crippen LogP contribution is 2.24. The van der Waals surface area contributed by atoms with Crippen molar-refractivity contribution in [2.45, 2.75) is 32.9 Å². The van der Waals surface area contributed by atoms with Crippen LogP contribution in [0.4, 0.5) is 5.82 Å². The van der Waals surface area contributed by atoms with Gasteiger partial charge in [-0.1, -0.05) is 30.7 Å². The molecule has 0 unspecified atom stereocenters. The standard InChI is InChI=1S/C29H28ClN7O4/c1-3-13-36-26(20-7-11-24(32-16-20)33-17-22(38)19-6-10-23(30)31-15-19)34-25-27(39)35-29(40)37(28(25)36)14-12-18-4-8-21(41-2)9-5-18/h4-11,15-16H,3,12-14,17H2,1-2H3,(H,32,33)(H,35,39,40). The van der Waals surface area contributed by atoms with Crippen LogP contribution in [0.1, 0.15) is 29.3 Å². The van der Waals surface area contributed by atoms with Crippen LogP contribution in [0.25, 0.3) is 22.6 Å². The summed E-state index contributed by atoms with van der Waals surface area (Å²) in [6.45, 7) is 2.94. The number of aromatic amines is 1. The molecule has 5 aromatic rings. The van der Waals surface area contributed by atoms with Gasteiger partial charge in [0.2, 0.25) is 0 Å². The van der Waals surface area contributed by atoms with Gasteiger partial charge >= 0.3 is 5.69 Å². The van der Waals surface area contributed by atoms with E-state index in [0.717, 1.165) is 17.7 Å². The van der Waals surface area contributed by atoms with Crippen LogP contribution in [-0.4, -0.2) is 48.5 Å². The highest BCUT2D eigenvalue weighted by Gasteiger charge is 2.20. The third-order valence-corrected chi connectivity index (χ3v) is 6.83. The fourth-order valence-corrected chi connectivity index (χ4v) is 4.64. The maximum Gasteiger partial charge on any atom is 0.330 e. The van der Waals surface area contributed by atoms with Crippen molar-refractivity contribution < 1.29 is 9.53 Å². The molecule has 12 heteroatoms. The van der Waals surface area contributed by atoms with Crippen molar-refractivity contribution in [3.8, 4) is 17.1 Å². The lowest BCUT2D eigenvalue weighted by Gasteiger charge is -2.13. The summed E-state index contributed by atoms with van der Waals surface area (Å²) >= 11 is 5.79. The number of hydrogen-bond acceptors (Lipinski definition) is 8. The molecule has 41 heavy (non-hydrogen) atoms. The number of methoxy groups -OCH3 is 1. The molecule has 210 valence electrons. The number of imidazole rings is 1. The second-order valence-electron chi connectivity index (χ2n) is 9.35. The van der Waals surface area contributed by atoms with E-state index in [2.05, 4.69) is 25.3 Å². The summed E-state index contributed by atoms with van der Waals surface area (Å²) in [5, 5.41) is 3.33. The Hall–Kier alpha value is -4.77. The number of hydrogen-bond donors (Lipinski definition) is 2. The molecule has 0 atom stereocenters. The normalized spacial score (nSPS) is 11.1. The zero-order chi connectivity index (χ0) is 28.9. The van der Waals surface area contributed by atoms with Crippen LogP contribution in [0.15, 0.2) is 70.5 Å². The number of ketones is 1. The molecule has 0 spiro atoms. The molecule has 0 aliphatic heterocycles. The monoisotopic (exact) mass is 573 g/mol. The van der Waals surface area contributed by atoms with Crippen molar-refractivity contribution in [2.24, 2.45) is 0 Å². The van der Waals surface area contributed by atoms with E-state index >= 15 is 0 Å². The number of carbonyl (C=O) groups is 1. The Kier molecular flexibility index (Phi) is 8.25. The highest BCUT2D eigenvalue weighted by molar-refractivity contribution is 6.29. The Labute approximate surface area is 239 Å². The molecule has 4 heterocycles. The molecule has 5 rings (SSSR count). The number of H-pyrrole nitrogens is 1. The zero-order valence-corrected chi connectivity index (χ0v) is 23.3. The van der Waals surface area contributed by atoms with Gasteiger partial charge in [-0.3, -0.25) is 19.1 Å². The lowest BCUT2D eigenvalue weighted by Crippen LogP contribution is -2.31. The van der Waals surface area contributed by atoms with E-state index in [1.165, 1.54) is 6.20 Å². The average Bonchev–Trinajstić information content (AvgIpc) is 3.36. The van der Waals surface area contributed by atoms with Gasteiger partial charge in [0.05, 0.1) is 13.7 Å². The molecule has 1 aromatic carbocycles. The highest BCUT2D eigenvalue weighted by atomic mass is 35.5. The Morgan fingerprint density at radius 3 is 2.46 bits per heavy atom. The number of fused-ring (bicyclic) bond motifs is 1. The van der Waals surface area contributed by atoms with E-state index in [1.54, 1.807) is 36.1 Å². The number of Topliss-reactive ketones (excluding diaryl/α,β-unsaturated/α-hetero) is 1. The van der Waals surface area contributed by atoms with Crippen molar-refractivity contribution in [1.29, 1.82) is 0 Å². The number of halogens is 1. The quantitative estimate of drug-likeness (QED) is 0.179. The van der Waals surface area contributed by atoms with Crippen LogP contribution in [0, 0.1) is 0 Å². The van der Waals surface area contributed by atoms with Gasteiger partial charge in [0.1, 0.15) is 22.5 Å². The third kappa shape index (κ3) is 6.04. The first kappa shape index (κ1) is 27.8. The topological polar surface area (TPSA) is 137 Å². The van der Waals surface area contributed by atoms with Crippen molar-refractivity contribution in [2.75, 3.05) is 19.0 Å². The number of pyridine rings is 2. The van der Waals surface area contributed by atoms with Gasteiger partial charge in [-0.2, -0.15) is 0 Å². The van der Waals surface area contributed by atoms with E-state index in [1.807, 2.05) is 41.8 Å². The van der Waals surface area contributed by atoms with Crippen molar-refractivity contribution in [3.05, 3.63) is 98.0 Å². The summed E-state index contributed by atoms with van der Waals surface area (Å²) in [6, 6.07) is 14.4. The molecule has 0 amide bonds. The number of nitrogens with zero attached hydrogens (tertiary/aromatic N) is 5. The van der Waals surface area contributed by atoms with Crippen molar-refractivity contribution in [3.63, 3.8) is 0 Å². The second-order valence-corrected chi connectivity index (χ2v) is 9.73. The van der Waals surface area contributed by atoms with Crippen molar-refractivity contribution >= 4 is 34.4 Å². The number of aromatic nitrogens is 6. The van der Waals surface area contributed by atoms with E-state index < -0.39 is 11.2 Å². The van der Waals surface area contributed by atoms with Gasteiger partial charge in [0.25, 0.3) is 5.56 Å². The number of anilines is 1. The molecule has 0 bridgehead atoms. The third-order valence-electron chi connectivity index (χ3n) is 6.61. The molecule has 0 fully saturated rings. The Balaban J connectivity index is 1.42. The minimum Gasteiger partial charge on any atom is -0.497 e. The van der Waals surface area contributed by atoms with Crippen molar-refractivity contribution in [1.82, 2.24) is 29.1 Å². The van der Waals surface area contributed by atoms with Crippen LogP contribution in [-0.2, 0) is 19.5 Å². The molecule has 0 saturated heterocycles. The number of rotatable bonds is 11. The molecule has 0 radical (unpaired) electrons. The molecular weight excluding hydrogens is 546 g/mol. The smallest absolute Gasteiger partial charge is 0.330 e. The predicted octanol–water partition coefficient (Wildman–Crippen LogP) is 3.95. The molecule has 0 saturated carbocycles. The summed E-state index contributed by atoms with van der Waals surface area (Å²) in [4.78, 5) is 53.6. The van der Waals surface area contributed by atoms with Gasteiger partial charge in [0, 0.05) is 36.6 Å². The average molecular weight is 574 g/mol. The molecule has 11 nitrogen and oxygen atoms in total. The molecular formula is C29H28ClN7O4. The predicted molar refractivity (Wildman–Crippen MR) is 157 cm³/mol. The first-order valence-corrected chi connectivity index (χ1v) is 13.5. The molecule has 0 aliphatic carbocycles. The first-order valence-electron chi connectivity index (χ1n) is 13.1. The van der Waals surface area contributed by atoms with Crippen LogP contribution in [0.3, 0.4) is 0 Å². The summed E-state index contributed by atoms with van der Waals surface area (Å²) in [5.74, 6) is 1.62. The first-order chi connectivity index (χ1) is 19.9. The Morgan fingerprint density at radius 2 is 1.80 bits per heavy atom. The van der Waals surface area contributed by atoms with E-state index in [0.29, 0.717) is 53.1 Å². The summed E-state index contributed by atoms with van der Waals surface area (Å²) in [6.07, 6.45) is 4.38. The van der Waals surface area contributed by atoms with Crippen LogP contribution in [0.2, 0.25) is 5.15 Å². The lowest BCUT2D eigenvalue weighted by molar-refractivity contribution is 0.101. The molecule has 2 N–H and O–H groups in total. The van der Waals surface area contributed by atoms with Gasteiger partial charge in [-0.05, 0) is 54.8 Å². The van der Waals surface area contributed by atoms with E-state index in [9.17, 15) is 14.4 Å². The largest absolute Gasteiger partial charge is 0.497 e. The maximum absolute atomic E-state index is 13.0. The van der Waals surface area contributed by atoms with Crippen LogP contribution >= 0.6 is 11.6 Å². The number of nitrogens with one attached hydrogen (secondary N) is 2. The summed E-state index contributed by atoms with van der Waals surface area (Å²) in [7, 11) is 1.61. The van der Waals surface area contributed by atoms with Crippen LogP contribution in [0.5, 0.6) is 5.75 Å². The zero-order valence-electron chi connectivity index (χ0n) is 22.6. The number of aryl methyl sites for hydroxylation is 3. The second kappa shape index (κ2) is 12.2. The maximum atomic E-state index is 13.0. The number of benzene rings is 1. The Morgan fingerprint density at radius 1 is 1.00 bits per heavy atom. The summed E-state index contributed by atoms with van der Waals surface area (Å²) < 4.78 is 8.68. The Bertz CT molecular complexity index is 1790. The number of carbonyl (C=O) groups excluding carboxylic acids is 1. The van der Waals surface area contributed by atoms with Crippen LogP contribution < -0.4 is 21.3 Å². The van der Waals surface area contributed by atoms with Gasteiger partial charge in [-0.15, -0.1) is 0 Å². The SMILES string of the molecule is CCCn1c(-c2ccc(NCC(=O)c3ccc(Cl)nc3)nc2)nc2c(=O)[nH]c(=O)n(CCc3ccc(OC)cc3)c21. The number of ether oxygens (including phenoxy) is 1. The van der Waals surface area contributed by atoms with E-state index in [-0.39, 0.29) is 17.8 Å². The minimum atomic E-state index is -0.539. The van der Waals surface area contributed by atoms with Gasteiger partial charge in [0.15, 0.2) is 16.9 Å². The molecule has 4 aromatic heterocycles. The summed E-state index contributed by atoms with van der Waals surface area (Å²) in [5.41, 5.74) is 1.76. The van der Waals surface area contributed by atoms with Gasteiger partial charge in [-0.25, -0.2) is 19.7 Å². The van der Waals surface area contributed by atoms with Gasteiger partial charge < -0.3 is 14.6 Å². The molecule has 0 aliphatic rings. The fourth-order valence-electron chi connectivity index (χ4n) is 4.53. The lowest BCUT2D eigenvalue weighted by atomic mass is 10.1. The minimum absolute atomic E-state index is 0.0276. The fraction of sp³-hybridized carbons (Fsp3) is 0.241. The van der Waals surface area contributed by atoms with E-state index in [4.69, 9.17) is 16.3 Å².